The minimum absolute atomic E-state index is 0.0688. The number of aromatic nitrogens is 1. The molecule has 6 nitrogen and oxygen atoms in total. The van der Waals surface area contributed by atoms with E-state index in [-0.39, 0.29) is 5.69 Å². The van der Waals surface area contributed by atoms with Crippen LogP contribution in [0.4, 0.5) is 5.69 Å². The highest BCUT2D eigenvalue weighted by Crippen LogP contribution is 2.24. The number of amides is 1. The lowest BCUT2D eigenvalue weighted by Crippen LogP contribution is -2.13. The van der Waals surface area contributed by atoms with Crippen LogP contribution in [0.5, 0.6) is 0 Å². The smallest absolute Gasteiger partial charge is 0.279 e. The number of para-hydroxylation sites is 1. The summed E-state index contributed by atoms with van der Waals surface area (Å²) in [5.74, 6) is -0.460. The first-order chi connectivity index (χ1) is 11.0. The molecule has 0 aliphatic rings. The van der Waals surface area contributed by atoms with Crippen LogP contribution in [0.2, 0.25) is 5.02 Å². The van der Waals surface area contributed by atoms with Crippen molar-refractivity contribution in [3.8, 4) is 0 Å². The molecule has 0 spiro atoms. The zero-order valence-corrected chi connectivity index (χ0v) is 13.5. The van der Waals surface area contributed by atoms with Crippen LogP contribution in [0, 0.1) is 10.1 Å². The van der Waals surface area contributed by atoms with E-state index in [0.717, 1.165) is 10.2 Å². The second-order valence-electron chi connectivity index (χ2n) is 4.75. The number of rotatable bonds is 2. The summed E-state index contributed by atoms with van der Waals surface area (Å²) in [4.78, 5) is 27.0. The van der Waals surface area contributed by atoms with Crippen LogP contribution in [0.3, 0.4) is 0 Å². The number of nitro benzene ring substituents is 1. The number of carbonyl (C=O) groups excluding carboxylic acids is 1. The first kappa shape index (κ1) is 15.4. The summed E-state index contributed by atoms with van der Waals surface area (Å²) in [5.41, 5.74) is 1.04. The second-order valence-corrected chi connectivity index (χ2v) is 6.17. The van der Waals surface area contributed by atoms with E-state index < -0.39 is 10.8 Å². The maximum Gasteiger partial charge on any atom is 0.279 e. The molecule has 1 amide bonds. The van der Waals surface area contributed by atoms with E-state index in [1.807, 2.05) is 12.1 Å². The molecule has 1 heterocycles. The zero-order chi connectivity index (χ0) is 16.6. The van der Waals surface area contributed by atoms with Gasteiger partial charge in [-0.3, -0.25) is 14.9 Å². The Labute approximate surface area is 139 Å². The van der Waals surface area contributed by atoms with E-state index in [4.69, 9.17) is 11.6 Å². The van der Waals surface area contributed by atoms with Crippen LogP contribution in [0.1, 0.15) is 10.4 Å². The summed E-state index contributed by atoms with van der Waals surface area (Å²) >= 11 is 7.52. The van der Waals surface area contributed by atoms with Gasteiger partial charge in [-0.25, -0.2) is 0 Å². The van der Waals surface area contributed by atoms with Gasteiger partial charge in [-0.05, 0) is 24.3 Å². The van der Waals surface area contributed by atoms with Crippen molar-refractivity contribution in [2.45, 2.75) is 0 Å². The normalized spacial score (nSPS) is 11.8. The third-order valence-corrected chi connectivity index (χ3v) is 4.70. The standard InChI is InChI=1S/C15H10ClN3O3S/c1-18-13-11(16)3-2-4-12(13)23-15(18)17-14(20)9-5-7-10(8-6-9)19(21)22/h2-8H,1H3. The van der Waals surface area contributed by atoms with E-state index in [9.17, 15) is 14.9 Å². The molecular weight excluding hydrogens is 338 g/mol. The fourth-order valence-corrected chi connectivity index (χ4v) is 3.54. The molecule has 0 N–H and O–H groups in total. The molecule has 0 saturated carbocycles. The van der Waals surface area contributed by atoms with Gasteiger partial charge in [-0.15, -0.1) is 0 Å². The zero-order valence-electron chi connectivity index (χ0n) is 11.9. The number of aryl methyl sites for hydroxylation is 1. The van der Waals surface area contributed by atoms with Crippen LogP contribution in [0.25, 0.3) is 10.2 Å². The number of nitro groups is 1. The van der Waals surface area contributed by atoms with Gasteiger partial charge in [0.1, 0.15) is 0 Å². The molecule has 1 aromatic heterocycles. The van der Waals surface area contributed by atoms with Crippen molar-refractivity contribution in [1.29, 1.82) is 0 Å². The van der Waals surface area contributed by atoms with Crippen molar-refractivity contribution in [1.82, 2.24) is 4.57 Å². The van der Waals surface area contributed by atoms with E-state index >= 15 is 0 Å². The minimum Gasteiger partial charge on any atom is -0.318 e. The average molecular weight is 348 g/mol. The van der Waals surface area contributed by atoms with E-state index in [2.05, 4.69) is 4.99 Å². The average Bonchev–Trinajstić information content (AvgIpc) is 2.85. The number of nitrogens with zero attached hydrogens (tertiary/aromatic N) is 3. The molecule has 0 saturated heterocycles. The van der Waals surface area contributed by atoms with E-state index in [0.29, 0.717) is 15.4 Å². The number of fused-ring (bicyclic) bond motifs is 1. The molecule has 0 radical (unpaired) electrons. The Hall–Kier alpha value is -2.51. The van der Waals surface area contributed by atoms with Gasteiger partial charge in [-0.2, -0.15) is 4.99 Å². The Bertz CT molecular complexity index is 989. The van der Waals surface area contributed by atoms with Gasteiger partial charge in [0.2, 0.25) is 0 Å². The SMILES string of the molecule is Cn1c(=NC(=O)c2ccc([N+](=O)[O-])cc2)sc2cccc(Cl)c21. The molecule has 0 atom stereocenters. The van der Waals surface area contributed by atoms with Gasteiger partial charge in [0, 0.05) is 24.7 Å². The van der Waals surface area contributed by atoms with Crippen molar-refractivity contribution >= 4 is 44.7 Å². The predicted molar refractivity (Wildman–Crippen MR) is 88.8 cm³/mol. The molecule has 8 heteroatoms. The number of hydrogen-bond donors (Lipinski definition) is 0. The first-order valence-electron chi connectivity index (χ1n) is 6.55. The third-order valence-electron chi connectivity index (χ3n) is 3.30. The van der Waals surface area contributed by atoms with Crippen LogP contribution >= 0.6 is 22.9 Å². The lowest BCUT2D eigenvalue weighted by atomic mass is 10.2. The Kier molecular flexibility index (Phi) is 3.97. The van der Waals surface area contributed by atoms with Gasteiger partial charge >= 0.3 is 0 Å². The quantitative estimate of drug-likeness (QED) is 0.525. The summed E-state index contributed by atoms with van der Waals surface area (Å²) in [6.45, 7) is 0. The Balaban J connectivity index is 2.04. The van der Waals surface area contributed by atoms with Gasteiger partial charge in [0.15, 0.2) is 4.80 Å². The Morgan fingerprint density at radius 2 is 1.96 bits per heavy atom. The lowest BCUT2D eigenvalue weighted by Gasteiger charge is -1.98. The molecule has 0 bridgehead atoms. The second kappa shape index (κ2) is 5.94. The number of non-ortho nitro benzene ring substituents is 1. The molecule has 0 unspecified atom stereocenters. The molecule has 0 aliphatic carbocycles. The Morgan fingerprint density at radius 1 is 1.26 bits per heavy atom. The van der Waals surface area contributed by atoms with Crippen molar-refractivity contribution in [2.75, 3.05) is 0 Å². The number of benzene rings is 2. The maximum absolute atomic E-state index is 12.2. The largest absolute Gasteiger partial charge is 0.318 e. The summed E-state index contributed by atoms with van der Waals surface area (Å²) < 4.78 is 2.68. The number of halogens is 1. The van der Waals surface area contributed by atoms with Gasteiger partial charge in [0.05, 0.1) is 20.2 Å². The third kappa shape index (κ3) is 2.88. The molecule has 3 aromatic rings. The van der Waals surface area contributed by atoms with Crippen LogP contribution in [-0.4, -0.2) is 15.4 Å². The van der Waals surface area contributed by atoms with Gasteiger partial charge in [-0.1, -0.05) is 29.0 Å². The Morgan fingerprint density at radius 3 is 2.57 bits per heavy atom. The van der Waals surface area contributed by atoms with Crippen molar-refractivity contribution in [2.24, 2.45) is 12.0 Å². The van der Waals surface area contributed by atoms with Crippen LogP contribution < -0.4 is 4.80 Å². The van der Waals surface area contributed by atoms with E-state index in [1.165, 1.54) is 35.6 Å². The number of hydrogen-bond acceptors (Lipinski definition) is 4. The fourth-order valence-electron chi connectivity index (χ4n) is 2.14. The van der Waals surface area contributed by atoms with Crippen LogP contribution in [0.15, 0.2) is 47.5 Å². The van der Waals surface area contributed by atoms with E-state index in [1.54, 1.807) is 17.7 Å². The van der Waals surface area contributed by atoms with Crippen LogP contribution in [-0.2, 0) is 7.05 Å². The highest BCUT2D eigenvalue weighted by Gasteiger charge is 2.11. The summed E-state index contributed by atoms with van der Waals surface area (Å²) in [5, 5.41) is 11.2. The summed E-state index contributed by atoms with van der Waals surface area (Å²) in [6.07, 6.45) is 0. The van der Waals surface area contributed by atoms with Crippen molar-refractivity contribution < 1.29 is 9.72 Å². The highest BCUT2D eigenvalue weighted by molar-refractivity contribution is 7.16. The summed E-state index contributed by atoms with van der Waals surface area (Å²) in [6, 6.07) is 10.9. The molecule has 116 valence electrons. The van der Waals surface area contributed by atoms with Crippen molar-refractivity contribution in [3.05, 3.63) is 68.0 Å². The molecular formula is C15H10ClN3O3S. The number of thiazole rings is 1. The molecule has 0 aliphatic heterocycles. The predicted octanol–water partition coefficient (Wildman–Crippen LogP) is 3.54. The molecule has 3 rings (SSSR count). The molecule has 2 aromatic carbocycles. The summed E-state index contributed by atoms with van der Waals surface area (Å²) in [7, 11) is 1.78. The highest BCUT2D eigenvalue weighted by atomic mass is 35.5. The molecule has 23 heavy (non-hydrogen) atoms. The number of carbonyl (C=O) groups is 1. The minimum atomic E-state index is -0.514. The monoisotopic (exact) mass is 347 g/mol. The fraction of sp³-hybridized carbons (Fsp3) is 0.0667. The first-order valence-corrected chi connectivity index (χ1v) is 7.74. The van der Waals surface area contributed by atoms with Gasteiger partial charge in [0.25, 0.3) is 11.6 Å². The maximum atomic E-state index is 12.2. The lowest BCUT2D eigenvalue weighted by molar-refractivity contribution is -0.384. The molecule has 0 fully saturated rings. The van der Waals surface area contributed by atoms with Gasteiger partial charge < -0.3 is 4.57 Å². The topological polar surface area (TPSA) is 77.5 Å². The van der Waals surface area contributed by atoms with Crippen molar-refractivity contribution in [3.63, 3.8) is 0 Å².